The lowest BCUT2D eigenvalue weighted by atomic mass is 10.1. The third kappa shape index (κ3) is 2.51. The van der Waals surface area contributed by atoms with Crippen molar-refractivity contribution in [2.24, 2.45) is 5.41 Å². The van der Waals surface area contributed by atoms with Gasteiger partial charge in [0.15, 0.2) is 0 Å². The molecular formula is C11H17N3O2. The molecule has 0 aromatic heterocycles. The molecule has 0 aliphatic heterocycles. The van der Waals surface area contributed by atoms with Crippen LogP contribution in [0.25, 0.3) is 0 Å². The molecule has 0 saturated heterocycles. The van der Waals surface area contributed by atoms with Gasteiger partial charge in [-0.05, 0) is 26.7 Å². The average molecular weight is 223 g/mol. The molecule has 0 bridgehead atoms. The molecule has 0 heterocycles. The summed E-state index contributed by atoms with van der Waals surface area (Å²) in [6, 6.07) is 2.05. The normalized spacial score (nSPS) is 16.1. The van der Waals surface area contributed by atoms with Crippen molar-refractivity contribution in [3.05, 3.63) is 0 Å². The standard InChI is InChI=1S/C11H17N3O2/c1-3-13-9(15)7-14(4-2)10(16)11(8-12)5-6-11/h3-7H2,1-2H3,(H,13,15). The summed E-state index contributed by atoms with van der Waals surface area (Å²) in [6.45, 7) is 4.69. The molecule has 0 aromatic carbocycles. The second-order valence-corrected chi connectivity index (χ2v) is 3.97. The zero-order valence-corrected chi connectivity index (χ0v) is 9.75. The third-order valence-electron chi connectivity index (χ3n) is 2.75. The van der Waals surface area contributed by atoms with Crippen molar-refractivity contribution in [3.8, 4) is 6.07 Å². The van der Waals surface area contributed by atoms with E-state index in [0.29, 0.717) is 25.9 Å². The van der Waals surface area contributed by atoms with Gasteiger partial charge >= 0.3 is 0 Å². The summed E-state index contributed by atoms with van der Waals surface area (Å²) in [4.78, 5) is 24.8. The summed E-state index contributed by atoms with van der Waals surface area (Å²) in [7, 11) is 0. The first-order chi connectivity index (χ1) is 7.59. The van der Waals surface area contributed by atoms with E-state index in [0.717, 1.165) is 0 Å². The minimum Gasteiger partial charge on any atom is -0.355 e. The van der Waals surface area contributed by atoms with Gasteiger partial charge in [-0.25, -0.2) is 0 Å². The number of amides is 2. The van der Waals surface area contributed by atoms with Crippen LogP contribution in [-0.2, 0) is 9.59 Å². The van der Waals surface area contributed by atoms with Crippen LogP contribution < -0.4 is 5.32 Å². The smallest absolute Gasteiger partial charge is 0.243 e. The maximum atomic E-state index is 12.0. The highest BCUT2D eigenvalue weighted by atomic mass is 16.2. The largest absolute Gasteiger partial charge is 0.355 e. The van der Waals surface area contributed by atoms with Gasteiger partial charge in [0, 0.05) is 13.1 Å². The second-order valence-electron chi connectivity index (χ2n) is 3.97. The lowest BCUT2D eigenvalue weighted by molar-refractivity contribution is -0.138. The van der Waals surface area contributed by atoms with Crippen LogP contribution in [0.2, 0.25) is 0 Å². The minimum atomic E-state index is -0.831. The Bertz CT molecular complexity index is 329. The second kappa shape index (κ2) is 4.97. The minimum absolute atomic E-state index is 0.0482. The number of hydrogen-bond acceptors (Lipinski definition) is 3. The van der Waals surface area contributed by atoms with Gasteiger partial charge in [0.1, 0.15) is 5.41 Å². The first-order valence-corrected chi connectivity index (χ1v) is 5.57. The van der Waals surface area contributed by atoms with Crippen LogP contribution in [-0.4, -0.2) is 36.3 Å². The van der Waals surface area contributed by atoms with E-state index < -0.39 is 5.41 Å². The Hall–Kier alpha value is -1.57. The third-order valence-corrected chi connectivity index (χ3v) is 2.75. The van der Waals surface area contributed by atoms with Gasteiger partial charge in [-0.2, -0.15) is 5.26 Å². The highest BCUT2D eigenvalue weighted by Crippen LogP contribution is 2.46. The quantitative estimate of drug-likeness (QED) is 0.727. The lowest BCUT2D eigenvalue weighted by Crippen LogP contribution is -2.43. The number of carbonyl (C=O) groups excluding carboxylic acids is 2. The van der Waals surface area contributed by atoms with E-state index in [1.165, 1.54) is 4.90 Å². The maximum absolute atomic E-state index is 12.0. The summed E-state index contributed by atoms with van der Waals surface area (Å²) >= 11 is 0. The Labute approximate surface area is 95.4 Å². The fraction of sp³-hybridized carbons (Fsp3) is 0.727. The number of nitrogens with zero attached hydrogens (tertiary/aromatic N) is 2. The molecule has 5 heteroatoms. The van der Waals surface area contributed by atoms with Crippen molar-refractivity contribution in [1.29, 1.82) is 5.26 Å². The average Bonchev–Trinajstić information content (AvgIpc) is 3.06. The maximum Gasteiger partial charge on any atom is 0.243 e. The van der Waals surface area contributed by atoms with Gasteiger partial charge in [-0.15, -0.1) is 0 Å². The van der Waals surface area contributed by atoms with E-state index in [4.69, 9.17) is 5.26 Å². The van der Waals surface area contributed by atoms with E-state index in [1.54, 1.807) is 0 Å². The molecule has 0 aromatic rings. The van der Waals surface area contributed by atoms with Crippen LogP contribution >= 0.6 is 0 Å². The number of rotatable bonds is 5. The molecular weight excluding hydrogens is 206 g/mol. The predicted octanol–water partition coefficient (Wildman–Crippen LogP) is 0.275. The van der Waals surface area contributed by atoms with E-state index in [9.17, 15) is 9.59 Å². The first-order valence-electron chi connectivity index (χ1n) is 5.57. The molecule has 0 spiro atoms. The Kier molecular flexibility index (Phi) is 3.88. The molecule has 0 atom stereocenters. The van der Waals surface area contributed by atoms with Crippen LogP contribution in [0.3, 0.4) is 0 Å². The highest BCUT2D eigenvalue weighted by molar-refractivity contribution is 5.91. The van der Waals surface area contributed by atoms with Crippen LogP contribution in [0, 0.1) is 16.7 Å². The van der Waals surface area contributed by atoms with Gasteiger partial charge in [-0.1, -0.05) is 0 Å². The van der Waals surface area contributed by atoms with Crippen molar-refractivity contribution >= 4 is 11.8 Å². The molecule has 0 radical (unpaired) electrons. The molecule has 16 heavy (non-hydrogen) atoms. The predicted molar refractivity (Wildman–Crippen MR) is 58.2 cm³/mol. The summed E-state index contributed by atoms with van der Waals surface area (Å²) in [5, 5.41) is 11.6. The lowest BCUT2D eigenvalue weighted by Gasteiger charge is -2.22. The van der Waals surface area contributed by atoms with Gasteiger partial charge in [0.05, 0.1) is 12.6 Å². The number of hydrogen-bond donors (Lipinski definition) is 1. The van der Waals surface area contributed by atoms with Gasteiger partial charge < -0.3 is 10.2 Å². The summed E-state index contributed by atoms with van der Waals surface area (Å²) < 4.78 is 0. The molecule has 1 rings (SSSR count). The van der Waals surface area contributed by atoms with E-state index >= 15 is 0 Å². The number of likely N-dealkylation sites (N-methyl/N-ethyl adjacent to an activating group) is 2. The van der Waals surface area contributed by atoms with Crippen molar-refractivity contribution in [2.45, 2.75) is 26.7 Å². The van der Waals surface area contributed by atoms with Crippen LogP contribution in [0.5, 0.6) is 0 Å². The van der Waals surface area contributed by atoms with Crippen LogP contribution in [0.4, 0.5) is 0 Å². The molecule has 0 unspecified atom stereocenters. The van der Waals surface area contributed by atoms with Crippen molar-refractivity contribution in [3.63, 3.8) is 0 Å². The molecule has 1 fully saturated rings. The van der Waals surface area contributed by atoms with Crippen molar-refractivity contribution < 1.29 is 9.59 Å². The Morgan fingerprint density at radius 1 is 1.44 bits per heavy atom. The van der Waals surface area contributed by atoms with E-state index in [-0.39, 0.29) is 18.4 Å². The fourth-order valence-corrected chi connectivity index (χ4v) is 1.55. The molecule has 1 N–H and O–H groups in total. The highest BCUT2D eigenvalue weighted by Gasteiger charge is 2.52. The Balaban J connectivity index is 2.58. The number of nitrogens with one attached hydrogen (secondary N) is 1. The van der Waals surface area contributed by atoms with Gasteiger partial charge in [-0.3, -0.25) is 9.59 Å². The summed E-state index contributed by atoms with van der Waals surface area (Å²) in [5.41, 5.74) is -0.831. The monoisotopic (exact) mass is 223 g/mol. The Morgan fingerprint density at radius 2 is 2.06 bits per heavy atom. The molecule has 5 nitrogen and oxygen atoms in total. The molecule has 1 saturated carbocycles. The summed E-state index contributed by atoms with van der Waals surface area (Å²) in [5.74, 6) is -0.379. The van der Waals surface area contributed by atoms with E-state index in [2.05, 4.69) is 5.32 Å². The first kappa shape index (κ1) is 12.5. The van der Waals surface area contributed by atoms with Crippen LogP contribution in [0.15, 0.2) is 0 Å². The molecule has 88 valence electrons. The van der Waals surface area contributed by atoms with Gasteiger partial charge in [0.2, 0.25) is 11.8 Å². The van der Waals surface area contributed by atoms with Crippen molar-refractivity contribution in [2.75, 3.05) is 19.6 Å². The topological polar surface area (TPSA) is 73.2 Å². The Morgan fingerprint density at radius 3 is 2.44 bits per heavy atom. The van der Waals surface area contributed by atoms with Gasteiger partial charge in [0.25, 0.3) is 0 Å². The van der Waals surface area contributed by atoms with E-state index in [1.807, 2.05) is 19.9 Å². The molecule has 1 aliphatic rings. The zero-order valence-electron chi connectivity index (χ0n) is 9.75. The zero-order chi connectivity index (χ0) is 12.2. The number of nitriles is 1. The number of carbonyl (C=O) groups is 2. The molecule has 2 amide bonds. The van der Waals surface area contributed by atoms with Crippen LogP contribution in [0.1, 0.15) is 26.7 Å². The van der Waals surface area contributed by atoms with Crippen molar-refractivity contribution in [1.82, 2.24) is 10.2 Å². The SMILES string of the molecule is CCNC(=O)CN(CC)C(=O)C1(C#N)CC1. The fourth-order valence-electron chi connectivity index (χ4n) is 1.55. The molecule has 1 aliphatic carbocycles. The summed E-state index contributed by atoms with van der Waals surface area (Å²) in [6.07, 6.45) is 1.24.